The highest BCUT2D eigenvalue weighted by Gasteiger charge is 2.14. The molecule has 0 amide bonds. The van der Waals surface area contributed by atoms with Crippen LogP contribution in [-0.2, 0) is 0 Å². The summed E-state index contributed by atoms with van der Waals surface area (Å²) in [4.78, 5) is 17.5. The molecule has 0 saturated heterocycles. The van der Waals surface area contributed by atoms with Crippen LogP contribution in [0.4, 0.5) is 5.82 Å². The predicted octanol–water partition coefficient (Wildman–Crippen LogP) is 2.41. The molecule has 0 saturated carbocycles. The first-order valence-electron chi connectivity index (χ1n) is 5.96. The van der Waals surface area contributed by atoms with Crippen molar-refractivity contribution in [3.05, 3.63) is 30.0 Å². The first kappa shape index (κ1) is 12.4. The van der Waals surface area contributed by atoms with Crippen molar-refractivity contribution in [2.45, 2.75) is 26.7 Å². The molecule has 0 fully saturated rings. The molecule has 0 spiro atoms. The van der Waals surface area contributed by atoms with Gasteiger partial charge in [0.2, 0.25) is 0 Å². The fraction of sp³-hybridized carbons (Fsp3) is 0.385. The van der Waals surface area contributed by atoms with Crippen LogP contribution in [0.5, 0.6) is 0 Å². The van der Waals surface area contributed by atoms with Crippen molar-refractivity contribution in [3.63, 3.8) is 0 Å². The molecule has 2 aromatic rings. The number of aromatic nitrogens is 4. The van der Waals surface area contributed by atoms with Gasteiger partial charge in [-0.15, -0.1) is 0 Å². The zero-order chi connectivity index (χ0) is 13.1. The fourth-order valence-electron chi connectivity index (χ4n) is 1.71. The van der Waals surface area contributed by atoms with E-state index in [2.05, 4.69) is 39.1 Å². The number of rotatable bonds is 3. The second-order valence-electron chi connectivity index (χ2n) is 4.40. The molecule has 94 valence electrons. The summed E-state index contributed by atoms with van der Waals surface area (Å²) in [5.41, 5.74) is 2.60. The van der Waals surface area contributed by atoms with E-state index in [1.165, 1.54) is 0 Å². The Bertz CT molecular complexity index is 537. The molecular formula is C13H17N5. The first-order chi connectivity index (χ1) is 8.63. The molecule has 0 radical (unpaired) electrons. The van der Waals surface area contributed by atoms with Crippen LogP contribution in [0.15, 0.2) is 18.6 Å². The third-order valence-corrected chi connectivity index (χ3v) is 2.72. The van der Waals surface area contributed by atoms with Gasteiger partial charge in [-0.1, -0.05) is 13.8 Å². The van der Waals surface area contributed by atoms with E-state index in [-0.39, 0.29) is 5.92 Å². The summed E-state index contributed by atoms with van der Waals surface area (Å²) < 4.78 is 0. The lowest BCUT2D eigenvalue weighted by molar-refractivity contribution is 0.774. The molecule has 5 heteroatoms. The second-order valence-corrected chi connectivity index (χ2v) is 4.40. The largest absolute Gasteiger partial charge is 0.373 e. The van der Waals surface area contributed by atoms with E-state index in [1.807, 2.05) is 14.0 Å². The Morgan fingerprint density at radius 3 is 2.50 bits per heavy atom. The molecule has 2 aromatic heterocycles. The number of nitrogens with zero attached hydrogens (tertiary/aromatic N) is 4. The molecule has 0 aliphatic rings. The summed E-state index contributed by atoms with van der Waals surface area (Å²) in [5, 5.41) is 3.10. The minimum absolute atomic E-state index is 0.271. The van der Waals surface area contributed by atoms with Gasteiger partial charge in [-0.2, -0.15) is 0 Å². The van der Waals surface area contributed by atoms with Crippen molar-refractivity contribution < 1.29 is 0 Å². The molecule has 2 rings (SSSR count). The first-order valence-corrected chi connectivity index (χ1v) is 5.96. The van der Waals surface area contributed by atoms with Crippen LogP contribution in [0, 0.1) is 6.92 Å². The van der Waals surface area contributed by atoms with Gasteiger partial charge in [0.25, 0.3) is 0 Å². The van der Waals surface area contributed by atoms with Crippen LogP contribution in [0.3, 0.4) is 0 Å². The molecule has 0 atom stereocenters. The number of anilines is 1. The molecule has 18 heavy (non-hydrogen) atoms. The van der Waals surface area contributed by atoms with Gasteiger partial charge in [0.15, 0.2) is 0 Å². The molecule has 0 aromatic carbocycles. The summed E-state index contributed by atoms with van der Waals surface area (Å²) in [6.45, 7) is 6.13. The molecule has 2 heterocycles. The molecule has 0 aliphatic carbocycles. The highest BCUT2D eigenvalue weighted by molar-refractivity contribution is 5.64. The lowest BCUT2D eigenvalue weighted by atomic mass is 10.1. The number of hydrogen-bond donors (Lipinski definition) is 1. The van der Waals surface area contributed by atoms with Gasteiger partial charge in [-0.3, -0.25) is 9.97 Å². The van der Waals surface area contributed by atoms with E-state index in [0.717, 1.165) is 28.6 Å². The Balaban J connectivity index is 2.62. The summed E-state index contributed by atoms with van der Waals surface area (Å²) in [6.07, 6.45) is 5.05. The average molecular weight is 243 g/mol. The van der Waals surface area contributed by atoms with Crippen molar-refractivity contribution in [1.29, 1.82) is 0 Å². The topological polar surface area (TPSA) is 63.6 Å². The SMILES string of the molecule is CNc1nc(C(C)C)nc(-c2cnccn2)c1C. The molecule has 0 unspecified atom stereocenters. The van der Waals surface area contributed by atoms with E-state index < -0.39 is 0 Å². The molecule has 5 nitrogen and oxygen atoms in total. The van der Waals surface area contributed by atoms with Crippen molar-refractivity contribution in [2.75, 3.05) is 12.4 Å². The predicted molar refractivity (Wildman–Crippen MR) is 71.4 cm³/mol. The minimum Gasteiger partial charge on any atom is -0.373 e. The summed E-state index contributed by atoms with van der Waals surface area (Å²) >= 11 is 0. The zero-order valence-corrected chi connectivity index (χ0v) is 11.1. The van der Waals surface area contributed by atoms with Crippen molar-refractivity contribution in [1.82, 2.24) is 19.9 Å². The fourth-order valence-corrected chi connectivity index (χ4v) is 1.71. The Morgan fingerprint density at radius 1 is 1.17 bits per heavy atom. The van der Waals surface area contributed by atoms with Crippen LogP contribution >= 0.6 is 0 Å². The van der Waals surface area contributed by atoms with Crippen LogP contribution in [0.25, 0.3) is 11.4 Å². The monoisotopic (exact) mass is 243 g/mol. The molecule has 0 bridgehead atoms. The highest BCUT2D eigenvalue weighted by Crippen LogP contribution is 2.25. The lowest BCUT2D eigenvalue weighted by Gasteiger charge is -2.13. The van der Waals surface area contributed by atoms with Crippen LogP contribution in [0.2, 0.25) is 0 Å². The molecular weight excluding hydrogens is 226 g/mol. The Labute approximate surface area is 107 Å². The lowest BCUT2D eigenvalue weighted by Crippen LogP contribution is -2.07. The summed E-state index contributed by atoms with van der Waals surface area (Å²) in [7, 11) is 1.86. The van der Waals surface area contributed by atoms with E-state index in [9.17, 15) is 0 Å². The second kappa shape index (κ2) is 5.08. The summed E-state index contributed by atoms with van der Waals surface area (Å²) in [6, 6.07) is 0. The maximum Gasteiger partial charge on any atom is 0.134 e. The van der Waals surface area contributed by atoms with Gasteiger partial charge in [0, 0.05) is 30.9 Å². The number of nitrogens with one attached hydrogen (secondary N) is 1. The smallest absolute Gasteiger partial charge is 0.134 e. The number of hydrogen-bond acceptors (Lipinski definition) is 5. The Kier molecular flexibility index (Phi) is 3.50. The van der Waals surface area contributed by atoms with Crippen LogP contribution in [-0.4, -0.2) is 27.0 Å². The highest BCUT2D eigenvalue weighted by atomic mass is 15.0. The Hall–Kier alpha value is -2.04. The third kappa shape index (κ3) is 2.30. The Morgan fingerprint density at radius 2 is 1.94 bits per heavy atom. The quantitative estimate of drug-likeness (QED) is 0.896. The average Bonchev–Trinajstić information content (AvgIpc) is 2.39. The van der Waals surface area contributed by atoms with Crippen molar-refractivity contribution in [3.8, 4) is 11.4 Å². The van der Waals surface area contributed by atoms with Gasteiger partial charge < -0.3 is 5.32 Å². The van der Waals surface area contributed by atoms with Gasteiger partial charge in [-0.25, -0.2) is 9.97 Å². The third-order valence-electron chi connectivity index (χ3n) is 2.72. The van der Waals surface area contributed by atoms with E-state index in [4.69, 9.17) is 0 Å². The maximum atomic E-state index is 4.60. The summed E-state index contributed by atoms with van der Waals surface area (Å²) in [5.74, 6) is 1.92. The van der Waals surface area contributed by atoms with Gasteiger partial charge in [0.05, 0.1) is 11.9 Å². The maximum absolute atomic E-state index is 4.60. The molecule has 0 aliphatic heterocycles. The van der Waals surface area contributed by atoms with Crippen LogP contribution in [0.1, 0.15) is 31.2 Å². The van der Waals surface area contributed by atoms with E-state index in [1.54, 1.807) is 18.6 Å². The van der Waals surface area contributed by atoms with E-state index >= 15 is 0 Å². The van der Waals surface area contributed by atoms with Crippen LogP contribution < -0.4 is 5.32 Å². The minimum atomic E-state index is 0.271. The normalized spacial score (nSPS) is 10.7. The van der Waals surface area contributed by atoms with Gasteiger partial charge >= 0.3 is 0 Å². The zero-order valence-electron chi connectivity index (χ0n) is 11.1. The van der Waals surface area contributed by atoms with Crippen molar-refractivity contribution in [2.24, 2.45) is 0 Å². The van der Waals surface area contributed by atoms with E-state index in [0.29, 0.717) is 0 Å². The van der Waals surface area contributed by atoms with Gasteiger partial charge in [-0.05, 0) is 6.92 Å². The standard InChI is InChI=1S/C13H17N5/c1-8(2)12-17-11(9(3)13(14-4)18-12)10-7-15-5-6-16-10/h5-8H,1-4H3,(H,14,17,18). The molecule has 1 N–H and O–H groups in total. The van der Waals surface area contributed by atoms with Gasteiger partial charge in [0.1, 0.15) is 17.3 Å². The van der Waals surface area contributed by atoms with Crippen molar-refractivity contribution >= 4 is 5.82 Å².